The predicted octanol–water partition coefficient (Wildman–Crippen LogP) is 1.84. The topological polar surface area (TPSA) is 63.2 Å². The molecule has 0 saturated heterocycles. The molecule has 0 aliphatic carbocycles. The normalized spacial score (nSPS) is 11.6. The van der Waals surface area contributed by atoms with Crippen LogP contribution in [0.5, 0.6) is 0 Å². The third kappa shape index (κ3) is 17.5. The van der Waals surface area contributed by atoms with Gasteiger partial charge in [0, 0.05) is 0 Å². The summed E-state index contributed by atoms with van der Waals surface area (Å²) in [6, 6.07) is 0. The molecule has 0 aliphatic heterocycles. The molecule has 0 unspecified atom stereocenters. The van der Waals surface area contributed by atoms with E-state index in [-0.39, 0.29) is 12.4 Å². The Morgan fingerprint density at radius 1 is 0.810 bits per heavy atom. The molecule has 0 aromatic carbocycles. The van der Waals surface area contributed by atoms with Crippen molar-refractivity contribution in [3.8, 4) is 0 Å². The summed E-state index contributed by atoms with van der Waals surface area (Å²) in [5.41, 5.74) is 0. The van der Waals surface area contributed by atoms with Crippen LogP contribution in [0, 0.1) is 0 Å². The van der Waals surface area contributed by atoms with E-state index in [2.05, 4.69) is 19.6 Å². The molecular weight excluding hydrogens is 292 g/mol. The van der Waals surface area contributed by atoms with Gasteiger partial charge in [-0.25, -0.2) is 0 Å². The lowest BCUT2D eigenvalue weighted by Crippen LogP contribution is -2.27. The van der Waals surface area contributed by atoms with Crippen molar-refractivity contribution in [1.29, 1.82) is 0 Å². The van der Waals surface area contributed by atoms with Gasteiger partial charge in [0.25, 0.3) is 0 Å². The highest BCUT2D eigenvalue weighted by Crippen LogP contribution is 2.01. The fourth-order valence-corrected chi connectivity index (χ4v) is 2.03. The lowest BCUT2D eigenvalue weighted by molar-refractivity contribution is -0.144. The first-order valence-electron chi connectivity index (χ1n) is 7.48. The highest BCUT2D eigenvalue weighted by atomic mass is 28.4. The van der Waals surface area contributed by atoms with Crippen molar-refractivity contribution in [2.24, 2.45) is 0 Å². The van der Waals surface area contributed by atoms with Crippen LogP contribution in [0.4, 0.5) is 0 Å². The Labute approximate surface area is 129 Å². The number of carbonyl (C=O) groups is 1. The summed E-state index contributed by atoms with van der Waals surface area (Å²) < 4.78 is 26.4. The molecule has 0 bridgehead atoms. The highest BCUT2D eigenvalue weighted by molar-refractivity contribution is 6.69. The molecule has 6 nitrogen and oxygen atoms in total. The van der Waals surface area contributed by atoms with Crippen molar-refractivity contribution >= 4 is 14.3 Å². The van der Waals surface area contributed by atoms with Crippen molar-refractivity contribution in [2.45, 2.75) is 33.0 Å². The van der Waals surface area contributed by atoms with Gasteiger partial charge in [0.2, 0.25) is 0 Å². The number of esters is 1. The minimum Gasteiger partial charge on any atom is -0.466 e. The van der Waals surface area contributed by atoms with Gasteiger partial charge >= 0.3 is 5.97 Å². The molecule has 0 saturated carbocycles. The molecule has 0 atom stereocenters. The van der Waals surface area contributed by atoms with Crippen LogP contribution in [0.15, 0.2) is 0 Å². The molecule has 0 aliphatic rings. The average molecular weight is 322 g/mol. The van der Waals surface area contributed by atoms with Gasteiger partial charge in [0.05, 0.1) is 59.3 Å². The van der Waals surface area contributed by atoms with Gasteiger partial charge in [0.1, 0.15) is 0 Å². The zero-order valence-electron chi connectivity index (χ0n) is 13.8. The van der Waals surface area contributed by atoms with Gasteiger partial charge in [-0.1, -0.05) is 0 Å². The first kappa shape index (κ1) is 20.5. The first-order valence-corrected chi connectivity index (χ1v) is 10.9. The average Bonchev–Trinajstić information content (AvgIpc) is 2.39. The Morgan fingerprint density at radius 3 is 1.76 bits per heavy atom. The van der Waals surface area contributed by atoms with E-state index in [4.69, 9.17) is 23.4 Å². The molecule has 0 amide bonds. The number of rotatable bonds is 14. The summed E-state index contributed by atoms with van der Waals surface area (Å²) in [5.74, 6) is -0.229. The van der Waals surface area contributed by atoms with Gasteiger partial charge in [-0.3, -0.25) is 4.79 Å². The number of hydrogen-bond donors (Lipinski definition) is 0. The molecule has 0 fully saturated rings. The molecule has 21 heavy (non-hydrogen) atoms. The molecule has 0 rings (SSSR count). The number of hydrogen-bond acceptors (Lipinski definition) is 6. The Hall–Kier alpha value is -0.473. The standard InChI is InChI=1S/C14H30O6Si/c1-5-19-14(15)6-7-16-8-9-17-10-11-18-12-13-20-21(2,3)4/h5-13H2,1-4H3. The van der Waals surface area contributed by atoms with Crippen LogP contribution >= 0.6 is 0 Å². The Bertz CT molecular complexity index is 254. The summed E-state index contributed by atoms with van der Waals surface area (Å²) in [4.78, 5) is 11.0. The van der Waals surface area contributed by atoms with Crippen molar-refractivity contribution in [1.82, 2.24) is 0 Å². The molecule has 0 aromatic heterocycles. The Morgan fingerprint density at radius 2 is 1.29 bits per heavy atom. The third-order valence-corrected chi connectivity index (χ3v) is 3.33. The van der Waals surface area contributed by atoms with Crippen LogP contribution in [0.2, 0.25) is 19.6 Å². The Kier molecular flexibility index (Phi) is 12.9. The van der Waals surface area contributed by atoms with Crippen molar-refractivity contribution in [2.75, 3.05) is 52.9 Å². The van der Waals surface area contributed by atoms with E-state index in [1.54, 1.807) is 6.92 Å². The predicted molar refractivity (Wildman–Crippen MR) is 83.0 cm³/mol. The quantitative estimate of drug-likeness (QED) is 0.276. The van der Waals surface area contributed by atoms with Gasteiger partial charge < -0.3 is 23.4 Å². The zero-order chi connectivity index (χ0) is 16.0. The maximum absolute atomic E-state index is 11.0. The summed E-state index contributed by atoms with van der Waals surface area (Å²) >= 11 is 0. The smallest absolute Gasteiger partial charge is 0.308 e. The van der Waals surface area contributed by atoms with Crippen LogP contribution in [-0.2, 0) is 28.2 Å². The molecule has 0 radical (unpaired) electrons. The molecule has 0 aromatic rings. The molecular formula is C14H30O6Si. The van der Waals surface area contributed by atoms with E-state index in [1.165, 1.54) is 0 Å². The van der Waals surface area contributed by atoms with Crippen LogP contribution in [0.1, 0.15) is 13.3 Å². The third-order valence-electron chi connectivity index (χ3n) is 2.26. The first-order chi connectivity index (χ1) is 9.95. The van der Waals surface area contributed by atoms with E-state index in [0.717, 1.165) is 0 Å². The molecule has 7 heteroatoms. The van der Waals surface area contributed by atoms with Gasteiger partial charge in [-0.15, -0.1) is 0 Å². The van der Waals surface area contributed by atoms with E-state index in [9.17, 15) is 4.79 Å². The molecule has 0 N–H and O–H groups in total. The van der Waals surface area contributed by atoms with Crippen LogP contribution in [0.3, 0.4) is 0 Å². The molecule has 0 heterocycles. The maximum atomic E-state index is 11.0. The molecule has 126 valence electrons. The molecule has 0 spiro atoms. The van der Waals surface area contributed by atoms with Crippen molar-refractivity contribution in [3.63, 3.8) is 0 Å². The van der Waals surface area contributed by atoms with E-state index >= 15 is 0 Å². The second-order valence-corrected chi connectivity index (χ2v) is 9.87. The van der Waals surface area contributed by atoms with Gasteiger partial charge in [-0.2, -0.15) is 0 Å². The number of ether oxygens (including phenoxy) is 4. The Balaban J connectivity index is 3.11. The van der Waals surface area contributed by atoms with Crippen LogP contribution < -0.4 is 0 Å². The zero-order valence-corrected chi connectivity index (χ0v) is 14.8. The van der Waals surface area contributed by atoms with E-state index in [0.29, 0.717) is 52.9 Å². The van der Waals surface area contributed by atoms with Crippen LogP contribution in [-0.4, -0.2) is 67.1 Å². The number of carbonyl (C=O) groups excluding carboxylic acids is 1. The SMILES string of the molecule is CCOC(=O)CCOCCOCCOCCO[Si](C)(C)C. The summed E-state index contributed by atoms with van der Waals surface area (Å²) in [6.07, 6.45) is 0.286. The van der Waals surface area contributed by atoms with Crippen LogP contribution in [0.25, 0.3) is 0 Å². The maximum Gasteiger partial charge on any atom is 0.308 e. The summed E-state index contributed by atoms with van der Waals surface area (Å²) in [5, 5.41) is 0. The van der Waals surface area contributed by atoms with Gasteiger partial charge in [0.15, 0.2) is 8.32 Å². The second kappa shape index (κ2) is 13.2. The fraction of sp³-hybridized carbons (Fsp3) is 0.929. The van der Waals surface area contributed by atoms with E-state index < -0.39 is 8.32 Å². The monoisotopic (exact) mass is 322 g/mol. The van der Waals surface area contributed by atoms with Crippen molar-refractivity contribution < 1.29 is 28.2 Å². The fourth-order valence-electron chi connectivity index (χ4n) is 1.34. The highest BCUT2D eigenvalue weighted by Gasteiger charge is 2.12. The van der Waals surface area contributed by atoms with Crippen molar-refractivity contribution in [3.05, 3.63) is 0 Å². The minimum atomic E-state index is -1.43. The largest absolute Gasteiger partial charge is 0.466 e. The summed E-state index contributed by atoms with van der Waals surface area (Å²) in [6.45, 7) is 12.3. The van der Waals surface area contributed by atoms with E-state index in [1.807, 2.05) is 0 Å². The minimum absolute atomic E-state index is 0.229. The lowest BCUT2D eigenvalue weighted by atomic mass is 10.5. The van der Waals surface area contributed by atoms with Gasteiger partial charge in [-0.05, 0) is 26.6 Å². The lowest BCUT2D eigenvalue weighted by Gasteiger charge is -2.16. The second-order valence-electron chi connectivity index (χ2n) is 5.35. The summed E-state index contributed by atoms with van der Waals surface area (Å²) in [7, 11) is -1.43.